The zero-order chi connectivity index (χ0) is 16.2. The van der Waals surface area contributed by atoms with Gasteiger partial charge in [0.25, 0.3) is 0 Å². The SMILES string of the molecule is Fc1cccc(C(Oc2c(F)cccc2Cl)[C@@H]2CNCCO2)c1. The summed E-state index contributed by atoms with van der Waals surface area (Å²) in [5.74, 6) is -1.01. The molecule has 3 nitrogen and oxygen atoms in total. The van der Waals surface area contributed by atoms with Crippen LogP contribution in [0.4, 0.5) is 8.78 Å². The van der Waals surface area contributed by atoms with Crippen molar-refractivity contribution in [1.82, 2.24) is 5.32 Å². The average molecular weight is 340 g/mol. The highest BCUT2D eigenvalue weighted by molar-refractivity contribution is 6.32. The van der Waals surface area contributed by atoms with Crippen molar-refractivity contribution < 1.29 is 18.3 Å². The van der Waals surface area contributed by atoms with E-state index in [4.69, 9.17) is 21.1 Å². The summed E-state index contributed by atoms with van der Waals surface area (Å²) in [4.78, 5) is 0. The topological polar surface area (TPSA) is 30.5 Å². The molecule has 2 aromatic rings. The van der Waals surface area contributed by atoms with Crippen molar-refractivity contribution in [3.8, 4) is 5.75 Å². The fourth-order valence-electron chi connectivity index (χ4n) is 2.54. The third-order valence-electron chi connectivity index (χ3n) is 3.63. The molecule has 1 fully saturated rings. The van der Waals surface area contributed by atoms with Crippen molar-refractivity contribution >= 4 is 11.6 Å². The molecular formula is C17H16ClF2NO2. The predicted molar refractivity (Wildman–Crippen MR) is 83.8 cm³/mol. The van der Waals surface area contributed by atoms with Gasteiger partial charge in [0.2, 0.25) is 0 Å². The number of nitrogens with one attached hydrogen (secondary N) is 1. The minimum absolute atomic E-state index is 0.0578. The second-order valence-corrected chi connectivity index (χ2v) is 5.66. The summed E-state index contributed by atoms with van der Waals surface area (Å²) < 4.78 is 39.1. The van der Waals surface area contributed by atoms with Crippen LogP contribution in [0, 0.1) is 11.6 Å². The Morgan fingerprint density at radius 1 is 1.22 bits per heavy atom. The molecule has 1 saturated heterocycles. The van der Waals surface area contributed by atoms with E-state index in [2.05, 4.69) is 5.32 Å². The van der Waals surface area contributed by atoms with Crippen LogP contribution in [-0.4, -0.2) is 25.8 Å². The second-order valence-electron chi connectivity index (χ2n) is 5.26. The van der Waals surface area contributed by atoms with Gasteiger partial charge >= 0.3 is 0 Å². The molecule has 0 aliphatic carbocycles. The number of rotatable bonds is 4. The van der Waals surface area contributed by atoms with Gasteiger partial charge in [-0.05, 0) is 29.8 Å². The molecule has 23 heavy (non-hydrogen) atoms. The molecule has 2 atom stereocenters. The lowest BCUT2D eigenvalue weighted by Gasteiger charge is -2.32. The van der Waals surface area contributed by atoms with E-state index in [-0.39, 0.29) is 22.7 Å². The monoisotopic (exact) mass is 339 g/mol. The van der Waals surface area contributed by atoms with Gasteiger partial charge in [0, 0.05) is 13.1 Å². The predicted octanol–water partition coefficient (Wildman–Crippen LogP) is 3.73. The lowest BCUT2D eigenvalue weighted by Crippen LogP contribution is -2.43. The van der Waals surface area contributed by atoms with Crippen molar-refractivity contribution in [2.75, 3.05) is 19.7 Å². The highest BCUT2D eigenvalue weighted by atomic mass is 35.5. The molecule has 0 aromatic heterocycles. The number of benzene rings is 2. The summed E-state index contributed by atoms with van der Waals surface area (Å²) in [5.41, 5.74) is 0.568. The van der Waals surface area contributed by atoms with Crippen LogP contribution >= 0.6 is 11.6 Å². The van der Waals surface area contributed by atoms with E-state index in [0.717, 1.165) is 6.54 Å². The van der Waals surface area contributed by atoms with Crippen molar-refractivity contribution in [2.45, 2.75) is 12.2 Å². The first-order chi connectivity index (χ1) is 11.1. The maximum atomic E-state index is 14.0. The van der Waals surface area contributed by atoms with Crippen LogP contribution < -0.4 is 10.1 Å². The third kappa shape index (κ3) is 3.80. The first kappa shape index (κ1) is 16.2. The van der Waals surface area contributed by atoms with Gasteiger partial charge in [-0.2, -0.15) is 0 Å². The number of para-hydroxylation sites is 1. The molecule has 122 valence electrons. The second kappa shape index (κ2) is 7.25. The summed E-state index contributed by atoms with van der Waals surface area (Å²) in [5, 5.41) is 3.35. The van der Waals surface area contributed by atoms with E-state index in [1.807, 2.05) is 0 Å². The minimum Gasteiger partial charge on any atom is -0.478 e. The molecule has 1 unspecified atom stereocenters. The molecule has 2 aromatic carbocycles. The van der Waals surface area contributed by atoms with Gasteiger partial charge in [0.1, 0.15) is 11.9 Å². The summed E-state index contributed by atoms with van der Waals surface area (Å²) >= 11 is 6.04. The summed E-state index contributed by atoms with van der Waals surface area (Å²) in [6.07, 6.45) is -1.05. The number of halogens is 3. The largest absolute Gasteiger partial charge is 0.478 e. The zero-order valence-electron chi connectivity index (χ0n) is 12.3. The quantitative estimate of drug-likeness (QED) is 0.920. The fourth-order valence-corrected chi connectivity index (χ4v) is 2.75. The molecule has 0 amide bonds. The molecular weight excluding hydrogens is 324 g/mol. The maximum absolute atomic E-state index is 14.0. The molecule has 0 spiro atoms. The Morgan fingerprint density at radius 3 is 2.74 bits per heavy atom. The van der Waals surface area contributed by atoms with Crippen LogP contribution in [0.2, 0.25) is 5.02 Å². The first-order valence-electron chi connectivity index (χ1n) is 7.33. The van der Waals surface area contributed by atoms with Crippen LogP contribution in [0.5, 0.6) is 5.75 Å². The number of hydrogen-bond acceptors (Lipinski definition) is 3. The van der Waals surface area contributed by atoms with Crippen LogP contribution in [-0.2, 0) is 4.74 Å². The molecule has 3 rings (SSSR count). The first-order valence-corrected chi connectivity index (χ1v) is 7.71. The van der Waals surface area contributed by atoms with E-state index in [0.29, 0.717) is 18.7 Å². The summed E-state index contributed by atoms with van der Waals surface area (Å²) in [6.45, 7) is 1.75. The average Bonchev–Trinajstić information content (AvgIpc) is 2.55. The number of hydrogen-bond donors (Lipinski definition) is 1. The van der Waals surface area contributed by atoms with Gasteiger partial charge in [0.05, 0.1) is 11.6 Å². The Morgan fingerprint density at radius 2 is 2.04 bits per heavy atom. The normalized spacial score (nSPS) is 19.3. The van der Waals surface area contributed by atoms with Gasteiger partial charge in [-0.15, -0.1) is 0 Å². The highest BCUT2D eigenvalue weighted by Crippen LogP contribution is 2.34. The van der Waals surface area contributed by atoms with Crippen molar-refractivity contribution in [3.63, 3.8) is 0 Å². The van der Waals surface area contributed by atoms with E-state index >= 15 is 0 Å². The smallest absolute Gasteiger partial charge is 0.174 e. The third-order valence-corrected chi connectivity index (χ3v) is 3.93. The molecule has 1 aliphatic rings. The Balaban J connectivity index is 1.94. The Labute approximate surface area is 138 Å². The minimum atomic E-state index is -0.673. The Kier molecular flexibility index (Phi) is 5.10. The molecule has 1 aliphatic heterocycles. The van der Waals surface area contributed by atoms with Gasteiger partial charge in [0.15, 0.2) is 17.7 Å². The maximum Gasteiger partial charge on any atom is 0.174 e. The molecule has 1 heterocycles. The zero-order valence-corrected chi connectivity index (χ0v) is 13.0. The van der Waals surface area contributed by atoms with Gasteiger partial charge in [-0.1, -0.05) is 29.8 Å². The molecule has 6 heteroatoms. The van der Waals surface area contributed by atoms with E-state index < -0.39 is 11.9 Å². The summed E-state index contributed by atoms with van der Waals surface area (Å²) in [7, 11) is 0. The van der Waals surface area contributed by atoms with E-state index in [1.54, 1.807) is 18.2 Å². The lowest BCUT2D eigenvalue weighted by atomic mass is 10.0. The molecule has 0 saturated carbocycles. The fraction of sp³-hybridized carbons (Fsp3) is 0.294. The van der Waals surface area contributed by atoms with Gasteiger partial charge in [-0.3, -0.25) is 0 Å². The Bertz CT molecular complexity index is 657. The van der Waals surface area contributed by atoms with Crippen molar-refractivity contribution in [2.24, 2.45) is 0 Å². The van der Waals surface area contributed by atoms with Crippen molar-refractivity contribution in [3.05, 3.63) is 64.7 Å². The van der Waals surface area contributed by atoms with Gasteiger partial charge < -0.3 is 14.8 Å². The standard InChI is InChI=1S/C17H16ClF2NO2/c18-13-5-2-6-14(20)17(13)23-16(15-10-21-7-8-22-15)11-3-1-4-12(19)9-11/h1-6,9,15-16,21H,7-8,10H2/t15-,16?/m0/s1. The molecule has 1 N–H and O–H groups in total. The van der Waals surface area contributed by atoms with E-state index in [1.165, 1.54) is 24.3 Å². The van der Waals surface area contributed by atoms with Crippen LogP contribution in [0.25, 0.3) is 0 Å². The molecule has 0 radical (unpaired) electrons. The molecule has 0 bridgehead atoms. The number of ether oxygens (including phenoxy) is 2. The summed E-state index contributed by atoms with van der Waals surface area (Å²) in [6, 6.07) is 10.3. The van der Waals surface area contributed by atoms with E-state index in [9.17, 15) is 8.78 Å². The van der Waals surface area contributed by atoms with Crippen LogP contribution in [0.15, 0.2) is 42.5 Å². The van der Waals surface area contributed by atoms with Crippen LogP contribution in [0.1, 0.15) is 11.7 Å². The lowest BCUT2D eigenvalue weighted by molar-refractivity contribution is -0.0443. The van der Waals surface area contributed by atoms with Crippen LogP contribution in [0.3, 0.4) is 0 Å². The van der Waals surface area contributed by atoms with Gasteiger partial charge in [-0.25, -0.2) is 8.78 Å². The highest BCUT2D eigenvalue weighted by Gasteiger charge is 2.29. The Hall–Kier alpha value is -1.69. The van der Waals surface area contributed by atoms with Crippen molar-refractivity contribution in [1.29, 1.82) is 0 Å². The number of morpholine rings is 1.